The van der Waals surface area contributed by atoms with Crippen molar-refractivity contribution >= 4 is 41.0 Å². The molecule has 0 bridgehead atoms. The van der Waals surface area contributed by atoms with Crippen LogP contribution in [-0.4, -0.2) is 36.6 Å². The molecule has 0 saturated heterocycles. The van der Waals surface area contributed by atoms with Gasteiger partial charge in [0.05, 0.1) is 18.7 Å². The van der Waals surface area contributed by atoms with Crippen LogP contribution in [0.3, 0.4) is 0 Å². The Bertz CT molecular complexity index is 1130. The molecule has 9 heteroatoms. The molecule has 0 aliphatic carbocycles. The third-order valence-corrected chi connectivity index (χ3v) is 6.05. The van der Waals surface area contributed by atoms with E-state index in [2.05, 4.69) is 16.0 Å². The van der Waals surface area contributed by atoms with Crippen LogP contribution in [0.25, 0.3) is 0 Å². The normalized spacial score (nSPS) is 15.6. The Morgan fingerprint density at radius 1 is 1.12 bits per heavy atom. The number of esters is 1. The molecular formula is C25H29ClN4O4. The van der Waals surface area contributed by atoms with Crippen molar-refractivity contribution in [1.82, 2.24) is 10.2 Å². The number of anilines is 2. The van der Waals surface area contributed by atoms with Crippen molar-refractivity contribution in [2.24, 2.45) is 0 Å². The predicted molar refractivity (Wildman–Crippen MR) is 133 cm³/mol. The van der Waals surface area contributed by atoms with Gasteiger partial charge in [0.15, 0.2) is 0 Å². The van der Waals surface area contributed by atoms with Crippen LogP contribution in [0, 0.1) is 6.92 Å². The van der Waals surface area contributed by atoms with E-state index in [4.69, 9.17) is 16.3 Å². The van der Waals surface area contributed by atoms with E-state index in [-0.39, 0.29) is 6.03 Å². The lowest BCUT2D eigenvalue weighted by molar-refractivity contribution is -0.136. The highest BCUT2D eigenvalue weighted by Gasteiger charge is 2.36. The number of nitrogens with one attached hydrogen (secondary N) is 3. The number of aryl methyl sites for hydroxylation is 1. The van der Waals surface area contributed by atoms with Crippen LogP contribution in [-0.2, 0) is 9.53 Å². The molecule has 2 aromatic carbocycles. The van der Waals surface area contributed by atoms with Gasteiger partial charge in [-0.1, -0.05) is 43.1 Å². The molecule has 1 aliphatic heterocycles. The molecule has 1 atom stereocenters. The summed E-state index contributed by atoms with van der Waals surface area (Å²) < 4.78 is 5.01. The maximum Gasteiger partial charge on any atom is 0.337 e. The Kier molecular flexibility index (Phi) is 8.17. The average molecular weight is 485 g/mol. The van der Waals surface area contributed by atoms with Crippen LogP contribution >= 0.6 is 11.6 Å². The molecule has 180 valence electrons. The second-order valence-electron chi connectivity index (χ2n) is 8.05. The van der Waals surface area contributed by atoms with Crippen molar-refractivity contribution in [2.45, 2.75) is 39.7 Å². The van der Waals surface area contributed by atoms with Crippen LogP contribution in [0.5, 0.6) is 0 Å². The van der Waals surface area contributed by atoms with E-state index in [1.54, 1.807) is 48.2 Å². The van der Waals surface area contributed by atoms with E-state index >= 15 is 0 Å². The minimum absolute atomic E-state index is 0.282. The van der Waals surface area contributed by atoms with Gasteiger partial charge in [-0.25, -0.2) is 14.4 Å². The van der Waals surface area contributed by atoms with Crippen LogP contribution in [0.2, 0.25) is 5.02 Å². The van der Waals surface area contributed by atoms with E-state index in [9.17, 15) is 14.4 Å². The van der Waals surface area contributed by atoms with Gasteiger partial charge in [0, 0.05) is 28.6 Å². The monoisotopic (exact) mass is 484 g/mol. The fourth-order valence-corrected chi connectivity index (χ4v) is 3.93. The summed E-state index contributed by atoms with van der Waals surface area (Å²) in [5, 5.41) is 8.97. The summed E-state index contributed by atoms with van der Waals surface area (Å²) in [6, 6.07) is 10.8. The van der Waals surface area contributed by atoms with E-state index in [0.717, 1.165) is 18.4 Å². The lowest BCUT2D eigenvalue weighted by atomic mass is 9.94. The molecule has 1 aliphatic rings. The molecule has 3 rings (SSSR count). The average Bonchev–Trinajstić information content (AvgIpc) is 2.80. The molecule has 2 aromatic rings. The Labute approximate surface area is 204 Å². The number of amides is 4. The number of carbonyl (C=O) groups is 3. The molecular weight excluding hydrogens is 456 g/mol. The maximum absolute atomic E-state index is 12.8. The molecule has 0 fully saturated rings. The summed E-state index contributed by atoms with van der Waals surface area (Å²) in [4.78, 5) is 39.5. The van der Waals surface area contributed by atoms with Gasteiger partial charge < -0.3 is 20.7 Å². The highest BCUT2D eigenvalue weighted by molar-refractivity contribution is 6.31. The topological polar surface area (TPSA) is 99.8 Å². The molecule has 0 radical (unpaired) electrons. The van der Waals surface area contributed by atoms with Crippen LogP contribution in [0.1, 0.15) is 43.9 Å². The second kappa shape index (κ2) is 11.1. The largest absolute Gasteiger partial charge is 0.466 e. The number of hydrogen-bond donors (Lipinski definition) is 3. The maximum atomic E-state index is 12.8. The highest BCUT2D eigenvalue weighted by Crippen LogP contribution is 2.32. The van der Waals surface area contributed by atoms with Gasteiger partial charge in [-0.2, -0.15) is 0 Å². The van der Waals surface area contributed by atoms with Gasteiger partial charge >= 0.3 is 18.0 Å². The number of allylic oxidation sites excluding steroid dienone is 1. The molecule has 1 unspecified atom stereocenters. The van der Waals surface area contributed by atoms with Crippen molar-refractivity contribution in [3.05, 3.63) is 69.9 Å². The van der Waals surface area contributed by atoms with Crippen molar-refractivity contribution in [1.29, 1.82) is 0 Å². The number of ether oxygens (including phenoxy) is 1. The Hall–Kier alpha value is -3.52. The number of methoxy groups -OCH3 is 1. The standard InChI is InChI=1S/C25H29ClN4O4/c1-5-6-12-30-16(3)21(23(31)34-4)22(29-25(30)33)17-8-7-9-18(13-17)27-24(32)28-19-11-10-15(2)20(26)14-19/h7-11,13-14,22H,5-6,12H2,1-4H3,(H,29,33)(H2,27,28,32). The lowest BCUT2D eigenvalue weighted by Gasteiger charge is -2.35. The molecule has 1 heterocycles. The van der Waals surface area contributed by atoms with Crippen molar-refractivity contribution in [3.8, 4) is 0 Å². The molecule has 0 spiro atoms. The van der Waals surface area contributed by atoms with Gasteiger partial charge in [-0.15, -0.1) is 0 Å². The quantitative estimate of drug-likeness (QED) is 0.445. The predicted octanol–water partition coefficient (Wildman–Crippen LogP) is 5.61. The van der Waals surface area contributed by atoms with Crippen LogP contribution in [0.4, 0.5) is 21.0 Å². The van der Waals surface area contributed by atoms with Gasteiger partial charge in [0.2, 0.25) is 0 Å². The summed E-state index contributed by atoms with van der Waals surface area (Å²) in [6.45, 7) is 6.17. The van der Waals surface area contributed by atoms with Crippen LogP contribution < -0.4 is 16.0 Å². The van der Waals surface area contributed by atoms with Gasteiger partial charge in [-0.3, -0.25) is 4.90 Å². The SMILES string of the molecule is CCCCN1C(=O)NC(c2cccc(NC(=O)Nc3ccc(C)c(Cl)c3)c2)C(C(=O)OC)=C1C. The highest BCUT2D eigenvalue weighted by atomic mass is 35.5. The molecule has 8 nitrogen and oxygen atoms in total. The Morgan fingerprint density at radius 3 is 2.47 bits per heavy atom. The molecule has 0 saturated carbocycles. The van der Waals surface area contributed by atoms with E-state index in [0.29, 0.717) is 39.8 Å². The van der Waals surface area contributed by atoms with E-state index < -0.39 is 18.0 Å². The third kappa shape index (κ3) is 5.69. The number of urea groups is 2. The lowest BCUT2D eigenvalue weighted by Crippen LogP contribution is -2.48. The number of benzene rings is 2. The van der Waals surface area contributed by atoms with Gasteiger partial charge in [-0.05, 0) is 55.7 Å². The zero-order valence-electron chi connectivity index (χ0n) is 19.7. The van der Waals surface area contributed by atoms with Crippen LogP contribution in [0.15, 0.2) is 53.7 Å². The summed E-state index contributed by atoms with van der Waals surface area (Å²) in [5.41, 5.74) is 3.52. The Balaban J connectivity index is 1.84. The molecule has 4 amide bonds. The summed E-state index contributed by atoms with van der Waals surface area (Å²) >= 11 is 6.13. The molecule has 0 aromatic heterocycles. The number of halogens is 1. The first-order valence-corrected chi connectivity index (χ1v) is 11.4. The first-order chi connectivity index (χ1) is 16.2. The minimum Gasteiger partial charge on any atom is -0.466 e. The number of nitrogens with zero attached hydrogens (tertiary/aromatic N) is 1. The van der Waals surface area contributed by atoms with Gasteiger partial charge in [0.1, 0.15) is 0 Å². The second-order valence-corrected chi connectivity index (χ2v) is 8.45. The Morgan fingerprint density at radius 2 is 1.82 bits per heavy atom. The van der Waals surface area contributed by atoms with Crippen molar-refractivity contribution < 1.29 is 19.1 Å². The van der Waals surface area contributed by atoms with Crippen molar-refractivity contribution in [3.63, 3.8) is 0 Å². The first-order valence-electron chi connectivity index (χ1n) is 11.1. The van der Waals surface area contributed by atoms with E-state index in [1.165, 1.54) is 7.11 Å². The number of unbranched alkanes of at least 4 members (excludes halogenated alkanes) is 1. The summed E-state index contributed by atoms with van der Waals surface area (Å²) in [7, 11) is 1.31. The van der Waals surface area contributed by atoms with Gasteiger partial charge in [0.25, 0.3) is 0 Å². The zero-order chi connectivity index (χ0) is 24.8. The fraction of sp³-hybridized carbons (Fsp3) is 0.320. The summed E-state index contributed by atoms with van der Waals surface area (Å²) in [5.74, 6) is -0.517. The number of hydrogen-bond acceptors (Lipinski definition) is 4. The smallest absolute Gasteiger partial charge is 0.337 e. The summed E-state index contributed by atoms with van der Waals surface area (Å²) in [6.07, 6.45) is 1.73. The number of rotatable bonds is 7. The molecule has 3 N–H and O–H groups in total. The zero-order valence-corrected chi connectivity index (χ0v) is 20.5. The first kappa shape index (κ1) is 25.1. The number of carbonyl (C=O) groups excluding carboxylic acids is 3. The molecule has 34 heavy (non-hydrogen) atoms. The van der Waals surface area contributed by atoms with Crippen molar-refractivity contribution in [2.75, 3.05) is 24.3 Å². The minimum atomic E-state index is -0.710. The fourth-order valence-electron chi connectivity index (χ4n) is 3.75. The third-order valence-electron chi connectivity index (χ3n) is 5.64. The van der Waals surface area contributed by atoms with E-state index in [1.807, 2.05) is 19.9 Å².